The second-order valence-electron chi connectivity index (χ2n) is 7.77. The van der Waals surface area contributed by atoms with Crippen LogP contribution in [-0.4, -0.2) is 25.0 Å². The molecule has 28 heavy (non-hydrogen) atoms. The zero-order chi connectivity index (χ0) is 20.6. The van der Waals surface area contributed by atoms with Gasteiger partial charge in [0.05, 0.1) is 0 Å². The SMILES string of the molecule is CCNC(=O)COc1cccc(NC(=O)CCc2ccc(C(C)(C)C)cc2)c1. The van der Waals surface area contributed by atoms with Gasteiger partial charge in [-0.3, -0.25) is 9.59 Å². The first-order chi connectivity index (χ1) is 13.3. The van der Waals surface area contributed by atoms with Crippen molar-refractivity contribution in [3.63, 3.8) is 0 Å². The maximum atomic E-state index is 12.3. The number of carbonyl (C=O) groups is 2. The van der Waals surface area contributed by atoms with E-state index in [9.17, 15) is 9.59 Å². The van der Waals surface area contributed by atoms with E-state index < -0.39 is 0 Å². The number of likely N-dealkylation sites (N-methyl/N-ethyl adjacent to an activating group) is 1. The van der Waals surface area contributed by atoms with Gasteiger partial charge in [-0.15, -0.1) is 0 Å². The summed E-state index contributed by atoms with van der Waals surface area (Å²) in [6.45, 7) is 8.93. The Balaban J connectivity index is 1.84. The van der Waals surface area contributed by atoms with Gasteiger partial charge in [-0.05, 0) is 42.0 Å². The van der Waals surface area contributed by atoms with Crippen molar-refractivity contribution in [2.75, 3.05) is 18.5 Å². The molecule has 0 unspecified atom stereocenters. The van der Waals surface area contributed by atoms with E-state index in [0.717, 1.165) is 5.56 Å². The summed E-state index contributed by atoms with van der Waals surface area (Å²) >= 11 is 0. The van der Waals surface area contributed by atoms with Crippen LogP contribution in [0.25, 0.3) is 0 Å². The molecule has 0 aliphatic carbocycles. The van der Waals surface area contributed by atoms with Gasteiger partial charge in [0.25, 0.3) is 5.91 Å². The summed E-state index contributed by atoms with van der Waals surface area (Å²) in [7, 11) is 0. The maximum absolute atomic E-state index is 12.3. The standard InChI is InChI=1S/C23H30N2O3/c1-5-24-22(27)16-28-20-8-6-7-19(15-20)25-21(26)14-11-17-9-12-18(13-10-17)23(2,3)4/h6-10,12-13,15H,5,11,14,16H2,1-4H3,(H,24,27)(H,25,26). The lowest BCUT2D eigenvalue weighted by atomic mass is 9.86. The number of hydrogen-bond donors (Lipinski definition) is 2. The van der Waals surface area contributed by atoms with E-state index in [-0.39, 0.29) is 23.8 Å². The molecular weight excluding hydrogens is 352 g/mol. The third-order valence-corrected chi connectivity index (χ3v) is 4.32. The number of carbonyl (C=O) groups excluding carboxylic acids is 2. The highest BCUT2D eigenvalue weighted by atomic mass is 16.5. The number of amides is 2. The van der Waals surface area contributed by atoms with Crippen molar-refractivity contribution in [3.05, 3.63) is 59.7 Å². The Labute approximate surface area is 167 Å². The predicted octanol–water partition coefficient (Wildman–Crippen LogP) is 4.07. The van der Waals surface area contributed by atoms with Crippen molar-refractivity contribution in [2.24, 2.45) is 0 Å². The number of anilines is 1. The van der Waals surface area contributed by atoms with Crippen molar-refractivity contribution in [2.45, 2.75) is 46.0 Å². The molecule has 2 rings (SSSR count). The van der Waals surface area contributed by atoms with E-state index in [0.29, 0.717) is 30.8 Å². The number of benzene rings is 2. The van der Waals surface area contributed by atoms with E-state index >= 15 is 0 Å². The lowest BCUT2D eigenvalue weighted by molar-refractivity contribution is -0.123. The highest BCUT2D eigenvalue weighted by Gasteiger charge is 2.13. The molecule has 0 spiro atoms. The molecule has 0 atom stereocenters. The fraction of sp³-hybridized carbons (Fsp3) is 0.391. The molecule has 150 valence electrons. The number of rotatable bonds is 8. The van der Waals surface area contributed by atoms with Gasteiger partial charge in [0, 0.05) is 24.7 Å². The molecule has 2 aromatic carbocycles. The predicted molar refractivity (Wildman–Crippen MR) is 113 cm³/mol. The zero-order valence-corrected chi connectivity index (χ0v) is 17.2. The second-order valence-corrected chi connectivity index (χ2v) is 7.77. The van der Waals surface area contributed by atoms with Crippen LogP contribution in [-0.2, 0) is 21.4 Å². The van der Waals surface area contributed by atoms with Crippen LogP contribution in [0, 0.1) is 0 Å². The van der Waals surface area contributed by atoms with Gasteiger partial charge in [0.15, 0.2) is 6.61 Å². The average molecular weight is 383 g/mol. The minimum atomic E-state index is -0.172. The van der Waals surface area contributed by atoms with E-state index in [1.807, 2.05) is 6.92 Å². The fourth-order valence-electron chi connectivity index (χ4n) is 2.71. The van der Waals surface area contributed by atoms with Crippen molar-refractivity contribution in [1.82, 2.24) is 5.32 Å². The molecule has 0 bridgehead atoms. The number of hydrogen-bond acceptors (Lipinski definition) is 3. The number of ether oxygens (including phenoxy) is 1. The third-order valence-electron chi connectivity index (χ3n) is 4.32. The lowest BCUT2D eigenvalue weighted by Crippen LogP contribution is -2.28. The summed E-state index contributed by atoms with van der Waals surface area (Å²) in [5.74, 6) is 0.317. The van der Waals surface area contributed by atoms with Crippen molar-refractivity contribution >= 4 is 17.5 Å². The maximum Gasteiger partial charge on any atom is 0.257 e. The third kappa shape index (κ3) is 7.06. The molecule has 5 heteroatoms. The fourth-order valence-corrected chi connectivity index (χ4v) is 2.71. The van der Waals surface area contributed by atoms with Crippen LogP contribution < -0.4 is 15.4 Å². The Bertz CT molecular complexity index is 792. The first-order valence-corrected chi connectivity index (χ1v) is 9.67. The molecule has 0 heterocycles. The summed E-state index contributed by atoms with van der Waals surface area (Å²) in [5, 5.41) is 5.55. The summed E-state index contributed by atoms with van der Waals surface area (Å²) in [4.78, 5) is 23.7. The molecule has 0 radical (unpaired) electrons. The van der Waals surface area contributed by atoms with E-state index in [1.165, 1.54) is 5.56 Å². The molecule has 2 amide bonds. The quantitative estimate of drug-likeness (QED) is 0.723. The molecule has 0 saturated carbocycles. The smallest absolute Gasteiger partial charge is 0.257 e. The molecule has 0 fully saturated rings. The van der Waals surface area contributed by atoms with Gasteiger partial charge >= 0.3 is 0 Å². The van der Waals surface area contributed by atoms with Gasteiger partial charge in [0.2, 0.25) is 5.91 Å². The molecule has 2 aromatic rings. The first-order valence-electron chi connectivity index (χ1n) is 9.67. The highest BCUT2D eigenvalue weighted by molar-refractivity contribution is 5.91. The second kappa shape index (κ2) is 9.93. The summed E-state index contributed by atoms with van der Waals surface area (Å²) in [6, 6.07) is 15.5. The van der Waals surface area contributed by atoms with Gasteiger partial charge in [-0.1, -0.05) is 51.1 Å². The minimum absolute atomic E-state index is 0.0458. The van der Waals surface area contributed by atoms with Gasteiger partial charge in [-0.2, -0.15) is 0 Å². The van der Waals surface area contributed by atoms with E-state index in [1.54, 1.807) is 24.3 Å². The minimum Gasteiger partial charge on any atom is -0.484 e. The monoisotopic (exact) mass is 382 g/mol. The van der Waals surface area contributed by atoms with Crippen molar-refractivity contribution < 1.29 is 14.3 Å². The van der Waals surface area contributed by atoms with Crippen LogP contribution in [0.3, 0.4) is 0 Å². The van der Waals surface area contributed by atoms with Gasteiger partial charge < -0.3 is 15.4 Å². The van der Waals surface area contributed by atoms with Crippen LogP contribution in [0.1, 0.15) is 45.2 Å². The van der Waals surface area contributed by atoms with E-state index in [4.69, 9.17) is 4.74 Å². The van der Waals surface area contributed by atoms with Crippen LogP contribution in [0.4, 0.5) is 5.69 Å². The van der Waals surface area contributed by atoms with E-state index in [2.05, 4.69) is 55.7 Å². The zero-order valence-electron chi connectivity index (χ0n) is 17.2. The van der Waals surface area contributed by atoms with Crippen molar-refractivity contribution in [1.29, 1.82) is 0 Å². The topological polar surface area (TPSA) is 67.4 Å². The Hall–Kier alpha value is -2.82. The summed E-state index contributed by atoms with van der Waals surface area (Å²) in [5.41, 5.74) is 3.20. The lowest BCUT2D eigenvalue weighted by Gasteiger charge is -2.19. The number of nitrogens with one attached hydrogen (secondary N) is 2. The average Bonchev–Trinajstić information content (AvgIpc) is 2.65. The number of aryl methyl sites for hydroxylation is 1. The van der Waals surface area contributed by atoms with Crippen molar-refractivity contribution in [3.8, 4) is 5.75 Å². The van der Waals surface area contributed by atoms with Crippen LogP contribution in [0.5, 0.6) is 5.75 Å². The summed E-state index contributed by atoms with van der Waals surface area (Å²) < 4.78 is 5.45. The Morgan fingerprint density at radius 1 is 1.00 bits per heavy atom. The van der Waals surface area contributed by atoms with Crippen LogP contribution in [0.15, 0.2) is 48.5 Å². The molecule has 0 aliphatic rings. The Kier molecular flexibility index (Phi) is 7.61. The first kappa shape index (κ1) is 21.5. The van der Waals surface area contributed by atoms with Crippen LogP contribution in [0.2, 0.25) is 0 Å². The normalized spacial score (nSPS) is 11.0. The Morgan fingerprint density at radius 3 is 2.36 bits per heavy atom. The molecular formula is C23H30N2O3. The summed E-state index contributed by atoms with van der Waals surface area (Å²) in [6.07, 6.45) is 1.09. The molecule has 5 nitrogen and oxygen atoms in total. The van der Waals surface area contributed by atoms with Crippen LogP contribution >= 0.6 is 0 Å². The largest absolute Gasteiger partial charge is 0.484 e. The molecule has 2 N–H and O–H groups in total. The molecule has 0 aliphatic heterocycles. The molecule has 0 aromatic heterocycles. The highest BCUT2D eigenvalue weighted by Crippen LogP contribution is 2.22. The Morgan fingerprint density at radius 2 is 1.71 bits per heavy atom. The van der Waals surface area contributed by atoms with Gasteiger partial charge in [-0.25, -0.2) is 0 Å². The molecule has 0 saturated heterocycles. The van der Waals surface area contributed by atoms with Gasteiger partial charge in [0.1, 0.15) is 5.75 Å².